The van der Waals surface area contributed by atoms with Gasteiger partial charge in [0.05, 0.1) is 0 Å². The molecule has 0 aliphatic carbocycles. The maximum atomic E-state index is 4.49. The van der Waals surface area contributed by atoms with Crippen molar-refractivity contribution in [3.8, 4) is 0 Å². The summed E-state index contributed by atoms with van der Waals surface area (Å²) in [5.74, 6) is 1.10. The van der Waals surface area contributed by atoms with Crippen LogP contribution >= 0.6 is 15.9 Å². The highest BCUT2D eigenvalue weighted by molar-refractivity contribution is 9.10. The summed E-state index contributed by atoms with van der Waals surface area (Å²) in [6, 6.07) is 6.74. The van der Waals surface area contributed by atoms with Gasteiger partial charge in [-0.05, 0) is 54.2 Å². The van der Waals surface area contributed by atoms with E-state index in [-0.39, 0.29) is 0 Å². The van der Waals surface area contributed by atoms with Gasteiger partial charge in [-0.3, -0.25) is 0 Å². The minimum atomic E-state index is 0.630. The first kappa shape index (κ1) is 9.97. The lowest BCUT2D eigenvalue weighted by Crippen LogP contribution is -2.37. The molecule has 1 fully saturated rings. The number of rotatable bonds is 1. The number of anilines is 1. The molecule has 1 atom stereocenters. The average molecular weight is 255 g/mol. The van der Waals surface area contributed by atoms with Crippen molar-refractivity contribution in [3.05, 3.63) is 22.8 Å². The first-order chi connectivity index (χ1) is 6.77. The molecule has 0 amide bonds. The Morgan fingerprint density at radius 1 is 1.43 bits per heavy atom. The van der Waals surface area contributed by atoms with Crippen LogP contribution in [-0.4, -0.2) is 17.6 Å². The van der Waals surface area contributed by atoms with Crippen molar-refractivity contribution in [3.63, 3.8) is 0 Å². The fraction of sp³-hybridized carbons (Fsp3) is 0.545. The summed E-state index contributed by atoms with van der Waals surface area (Å²) in [6.45, 7) is 3.42. The van der Waals surface area contributed by atoms with E-state index >= 15 is 0 Å². The number of aromatic nitrogens is 1. The van der Waals surface area contributed by atoms with Gasteiger partial charge in [0.2, 0.25) is 0 Å². The van der Waals surface area contributed by atoms with E-state index in [1.165, 1.54) is 19.3 Å². The molecule has 0 unspecified atom stereocenters. The summed E-state index contributed by atoms with van der Waals surface area (Å²) in [6.07, 6.45) is 3.93. The van der Waals surface area contributed by atoms with Crippen LogP contribution in [0.2, 0.25) is 0 Å². The third-order valence-electron chi connectivity index (χ3n) is 2.80. The Kier molecular flexibility index (Phi) is 3.06. The first-order valence-corrected chi connectivity index (χ1v) is 5.96. The average Bonchev–Trinajstić information content (AvgIpc) is 2.18. The van der Waals surface area contributed by atoms with E-state index in [2.05, 4.69) is 38.8 Å². The smallest absolute Gasteiger partial charge is 0.130 e. The monoisotopic (exact) mass is 254 g/mol. The molecule has 76 valence electrons. The minimum Gasteiger partial charge on any atom is -0.354 e. The predicted molar refractivity (Wildman–Crippen MR) is 62.6 cm³/mol. The Morgan fingerprint density at radius 3 is 3.00 bits per heavy atom. The van der Waals surface area contributed by atoms with Crippen molar-refractivity contribution in [2.75, 3.05) is 11.4 Å². The molecule has 2 rings (SSSR count). The molecule has 1 aliphatic heterocycles. The van der Waals surface area contributed by atoms with Gasteiger partial charge in [0.15, 0.2) is 0 Å². The molecule has 1 aromatic rings. The molecule has 0 aromatic carbocycles. The summed E-state index contributed by atoms with van der Waals surface area (Å²) in [4.78, 5) is 6.89. The SMILES string of the molecule is C[C@H]1CCCCN1c1cccc(Br)n1. The molecule has 3 heteroatoms. The molecule has 0 bridgehead atoms. The highest BCUT2D eigenvalue weighted by atomic mass is 79.9. The zero-order valence-electron chi connectivity index (χ0n) is 8.41. The Morgan fingerprint density at radius 2 is 2.29 bits per heavy atom. The van der Waals surface area contributed by atoms with Crippen LogP contribution in [0.3, 0.4) is 0 Å². The highest BCUT2D eigenvalue weighted by Gasteiger charge is 2.19. The summed E-state index contributed by atoms with van der Waals surface area (Å²) in [7, 11) is 0. The van der Waals surface area contributed by atoms with Gasteiger partial charge in [-0.2, -0.15) is 0 Å². The van der Waals surface area contributed by atoms with E-state index in [1.807, 2.05) is 12.1 Å². The molecule has 1 aliphatic rings. The van der Waals surface area contributed by atoms with Crippen molar-refractivity contribution >= 4 is 21.7 Å². The standard InChI is InChI=1S/C11H15BrN2/c1-9-5-2-3-8-14(9)11-7-4-6-10(12)13-11/h4,6-7,9H,2-3,5,8H2,1H3/t9-/m0/s1. The second kappa shape index (κ2) is 4.30. The molecule has 0 saturated carbocycles. The van der Waals surface area contributed by atoms with Gasteiger partial charge in [-0.15, -0.1) is 0 Å². The first-order valence-electron chi connectivity index (χ1n) is 5.16. The molecule has 0 N–H and O–H groups in total. The zero-order valence-corrected chi connectivity index (χ0v) is 10.00. The third-order valence-corrected chi connectivity index (χ3v) is 3.24. The lowest BCUT2D eigenvalue weighted by atomic mass is 10.0. The van der Waals surface area contributed by atoms with Gasteiger partial charge in [-0.25, -0.2) is 4.98 Å². The molecule has 1 saturated heterocycles. The van der Waals surface area contributed by atoms with Crippen LogP contribution in [0.5, 0.6) is 0 Å². The van der Waals surface area contributed by atoms with E-state index in [1.54, 1.807) is 0 Å². The summed E-state index contributed by atoms with van der Waals surface area (Å²) < 4.78 is 0.924. The normalized spacial score (nSPS) is 22.4. The molecule has 14 heavy (non-hydrogen) atoms. The fourth-order valence-electron chi connectivity index (χ4n) is 2.00. The Bertz CT molecular complexity index is 314. The summed E-state index contributed by atoms with van der Waals surface area (Å²) in [5.41, 5.74) is 0. The number of piperidine rings is 1. The van der Waals surface area contributed by atoms with Crippen molar-refractivity contribution < 1.29 is 0 Å². The van der Waals surface area contributed by atoms with Crippen LogP contribution in [0, 0.1) is 0 Å². The second-order valence-electron chi connectivity index (χ2n) is 3.86. The van der Waals surface area contributed by atoms with Crippen LogP contribution in [0.15, 0.2) is 22.8 Å². The number of hydrogen-bond donors (Lipinski definition) is 0. The molecule has 1 aromatic heterocycles. The van der Waals surface area contributed by atoms with Gasteiger partial charge in [0.25, 0.3) is 0 Å². The number of halogens is 1. The molecule has 0 radical (unpaired) electrons. The van der Waals surface area contributed by atoms with Crippen molar-refractivity contribution in [1.82, 2.24) is 4.98 Å². The second-order valence-corrected chi connectivity index (χ2v) is 4.67. The number of nitrogens with zero attached hydrogens (tertiary/aromatic N) is 2. The van der Waals surface area contributed by atoms with E-state index < -0.39 is 0 Å². The molecule has 0 spiro atoms. The predicted octanol–water partition coefficient (Wildman–Crippen LogP) is 3.22. The van der Waals surface area contributed by atoms with Gasteiger partial charge >= 0.3 is 0 Å². The lowest BCUT2D eigenvalue weighted by molar-refractivity contribution is 0.481. The van der Waals surface area contributed by atoms with Crippen molar-refractivity contribution in [1.29, 1.82) is 0 Å². The van der Waals surface area contributed by atoms with Crippen LogP contribution in [0.25, 0.3) is 0 Å². The van der Waals surface area contributed by atoms with Crippen molar-refractivity contribution in [2.24, 2.45) is 0 Å². The largest absolute Gasteiger partial charge is 0.354 e. The lowest BCUT2D eigenvalue weighted by Gasteiger charge is -2.34. The maximum Gasteiger partial charge on any atom is 0.130 e. The summed E-state index contributed by atoms with van der Waals surface area (Å²) in [5, 5.41) is 0. The number of hydrogen-bond acceptors (Lipinski definition) is 2. The minimum absolute atomic E-state index is 0.630. The van der Waals surface area contributed by atoms with Crippen LogP contribution in [0.1, 0.15) is 26.2 Å². The van der Waals surface area contributed by atoms with Gasteiger partial charge < -0.3 is 4.90 Å². The highest BCUT2D eigenvalue weighted by Crippen LogP contribution is 2.23. The molecular formula is C11H15BrN2. The van der Waals surface area contributed by atoms with E-state index in [4.69, 9.17) is 0 Å². The Labute approximate surface area is 93.5 Å². The Hall–Kier alpha value is -0.570. The zero-order chi connectivity index (χ0) is 9.97. The molecule has 2 heterocycles. The van der Waals surface area contributed by atoms with Crippen molar-refractivity contribution in [2.45, 2.75) is 32.2 Å². The Balaban J connectivity index is 2.20. The van der Waals surface area contributed by atoms with Gasteiger partial charge in [-0.1, -0.05) is 6.07 Å². The van der Waals surface area contributed by atoms with Crippen LogP contribution in [0.4, 0.5) is 5.82 Å². The van der Waals surface area contributed by atoms with E-state index in [0.29, 0.717) is 6.04 Å². The van der Waals surface area contributed by atoms with Crippen LogP contribution in [-0.2, 0) is 0 Å². The topological polar surface area (TPSA) is 16.1 Å². The quantitative estimate of drug-likeness (QED) is 0.716. The summed E-state index contributed by atoms with van der Waals surface area (Å²) >= 11 is 3.41. The van der Waals surface area contributed by atoms with E-state index in [0.717, 1.165) is 17.0 Å². The van der Waals surface area contributed by atoms with Crippen LogP contribution < -0.4 is 4.90 Å². The van der Waals surface area contributed by atoms with E-state index in [9.17, 15) is 0 Å². The maximum absolute atomic E-state index is 4.49. The fourth-order valence-corrected chi connectivity index (χ4v) is 2.33. The number of pyridine rings is 1. The van der Waals surface area contributed by atoms with Gasteiger partial charge in [0.1, 0.15) is 10.4 Å². The van der Waals surface area contributed by atoms with Gasteiger partial charge in [0, 0.05) is 12.6 Å². The molecular weight excluding hydrogens is 240 g/mol. The molecule has 2 nitrogen and oxygen atoms in total. The third kappa shape index (κ3) is 2.08.